The number of Topliss-reactive ketones (excluding diaryl/α,β-unsaturated/α-hetero) is 2. The van der Waals surface area contributed by atoms with E-state index in [-0.39, 0.29) is 29.2 Å². The van der Waals surface area contributed by atoms with Crippen LogP contribution in [0.3, 0.4) is 0 Å². The summed E-state index contributed by atoms with van der Waals surface area (Å²) in [5, 5.41) is 44.4. The fourth-order valence-electron chi connectivity index (χ4n) is 7.32. The number of phenols is 1. The summed E-state index contributed by atoms with van der Waals surface area (Å²) in [6, 6.07) is 4.79. The van der Waals surface area contributed by atoms with Gasteiger partial charge in [-0.05, 0) is 37.0 Å². The van der Waals surface area contributed by atoms with Crippen LogP contribution in [0, 0.1) is 23.7 Å². The number of amides is 1. The lowest BCUT2D eigenvalue weighted by atomic mass is 9.53. The van der Waals surface area contributed by atoms with Crippen LogP contribution < -0.4 is 5.73 Å². The first-order chi connectivity index (χ1) is 17.2. The van der Waals surface area contributed by atoms with Crippen molar-refractivity contribution in [2.45, 2.75) is 62.3 Å². The molecule has 0 radical (unpaired) electrons. The number of phenolic OH excluding ortho intramolecular Hbond substituents is 1. The van der Waals surface area contributed by atoms with Crippen molar-refractivity contribution in [3.63, 3.8) is 0 Å². The maximum Gasteiger partial charge on any atom is 0.230 e. The summed E-state index contributed by atoms with van der Waals surface area (Å²) in [5.41, 5.74) is 3.13. The number of ether oxygens (including phenoxy) is 1. The number of rotatable bonds is 2. The lowest BCUT2D eigenvalue weighted by Gasteiger charge is -2.55. The van der Waals surface area contributed by atoms with Gasteiger partial charge in [0.05, 0.1) is 17.4 Å². The number of fused-ring (bicyclic) bond motifs is 4. The van der Waals surface area contributed by atoms with Gasteiger partial charge in [0.25, 0.3) is 0 Å². The second-order valence-corrected chi connectivity index (χ2v) is 10.8. The predicted molar refractivity (Wildman–Crippen MR) is 125 cm³/mol. The Hall–Kier alpha value is -3.17. The highest BCUT2D eigenvalue weighted by Crippen LogP contribution is 2.59. The van der Waals surface area contributed by atoms with Crippen LogP contribution in [0.1, 0.15) is 60.4 Å². The first-order valence-electron chi connectivity index (χ1n) is 12.6. The second kappa shape index (κ2) is 7.91. The highest BCUT2D eigenvalue weighted by molar-refractivity contribution is 6.16. The molecule has 0 bridgehead atoms. The molecule has 6 N–H and O–H groups in total. The smallest absolute Gasteiger partial charge is 0.230 e. The summed E-state index contributed by atoms with van der Waals surface area (Å²) in [4.78, 5) is 39.1. The number of carbonyl (C=O) groups excluding carboxylic acids is 3. The zero-order chi connectivity index (χ0) is 25.5. The van der Waals surface area contributed by atoms with Gasteiger partial charge in [0.15, 0.2) is 17.2 Å². The van der Waals surface area contributed by atoms with Crippen molar-refractivity contribution in [2.24, 2.45) is 29.4 Å². The van der Waals surface area contributed by atoms with Gasteiger partial charge in [0.2, 0.25) is 5.91 Å². The van der Waals surface area contributed by atoms with Gasteiger partial charge in [0.1, 0.15) is 23.5 Å². The zero-order valence-corrected chi connectivity index (χ0v) is 19.6. The Kier molecular flexibility index (Phi) is 5.11. The van der Waals surface area contributed by atoms with E-state index in [2.05, 4.69) is 0 Å². The lowest BCUT2D eigenvalue weighted by molar-refractivity contribution is -0.183. The van der Waals surface area contributed by atoms with E-state index < -0.39 is 64.7 Å². The molecule has 0 saturated heterocycles. The minimum atomic E-state index is -2.63. The second-order valence-electron chi connectivity index (χ2n) is 10.8. The number of ketones is 2. The maximum absolute atomic E-state index is 13.7. The van der Waals surface area contributed by atoms with Crippen molar-refractivity contribution in [3.8, 4) is 5.75 Å². The Bertz CT molecular complexity index is 1240. The van der Waals surface area contributed by atoms with E-state index in [1.54, 1.807) is 12.1 Å². The first-order valence-corrected chi connectivity index (χ1v) is 12.6. The molecular formula is C27H29NO8. The monoisotopic (exact) mass is 495 g/mol. The van der Waals surface area contributed by atoms with Gasteiger partial charge in [-0.1, -0.05) is 31.4 Å². The number of nitrogens with two attached hydrogens (primary N) is 1. The van der Waals surface area contributed by atoms with E-state index in [1.807, 2.05) is 6.08 Å². The lowest BCUT2D eigenvalue weighted by Crippen LogP contribution is -2.68. The number of hydrogen-bond acceptors (Lipinski definition) is 8. The summed E-state index contributed by atoms with van der Waals surface area (Å²) in [5.74, 6) is -7.30. The number of hydrogen-bond donors (Lipinski definition) is 5. The molecule has 0 aromatic heterocycles. The summed E-state index contributed by atoms with van der Waals surface area (Å²) < 4.78 is 6.50. The van der Waals surface area contributed by atoms with Gasteiger partial charge in [-0.25, -0.2) is 0 Å². The van der Waals surface area contributed by atoms with Crippen LogP contribution >= 0.6 is 0 Å². The maximum atomic E-state index is 13.7. The van der Waals surface area contributed by atoms with Crippen LogP contribution in [0.2, 0.25) is 0 Å². The van der Waals surface area contributed by atoms with Gasteiger partial charge < -0.3 is 30.9 Å². The molecular weight excluding hydrogens is 466 g/mol. The number of carbonyl (C=O) groups is 3. The summed E-state index contributed by atoms with van der Waals surface area (Å²) in [7, 11) is 0. The van der Waals surface area contributed by atoms with Gasteiger partial charge in [-0.15, -0.1) is 0 Å². The van der Waals surface area contributed by atoms with Crippen molar-refractivity contribution >= 4 is 17.5 Å². The fraction of sp³-hybridized carbons (Fsp3) is 0.519. The van der Waals surface area contributed by atoms with Gasteiger partial charge in [-0.3, -0.25) is 14.4 Å². The van der Waals surface area contributed by atoms with Crippen LogP contribution in [-0.4, -0.2) is 55.7 Å². The number of primary amides is 1. The molecule has 190 valence electrons. The van der Waals surface area contributed by atoms with Crippen LogP contribution in [0.15, 0.2) is 41.4 Å². The van der Waals surface area contributed by atoms with Crippen LogP contribution in [0.25, 0.3) is 0 Å². The number of aliphatic hydroxyl groups is 3. The topological polar surface area (TPSA) is 167 Å². The minimum absolute atomic E-state index is 0.0111. The molecule has 9 nitrogen and oxygen atoms in total. The highest BCUT2D eigenvalue weighted by atomic mass is 16.5. The molecule has 0 spiro atoms. The molecule has 9 heteroatoms. The molecule has 1 aromatic rings. The van der Waals surface area contributed by atoms with Crippen molar-refractivity contribution in [1.29, 1.82) is 0 Å². The number of aromatic hydroxyl groups is 1. The van der Waals surface area contributed by atoms with Gasteiger partial charge >= 0.3 is 0 Å². The van der Waals surface area contributed by atoms with E-state index in [1.165, 1.54) is 6.07 Å². The first kappa shape index (κ1) is 23.2. The Balaban J connectivity index is 1.59. The summed E-state index contributed by atoms with van der Waals surface area (Å²) in [6.07, 6.45) is 4.38. The normalized spacial score (nSPS) is 37.9. The average Bonchev–Trinajstić information content (AvgIpc) is 2.85. The third-order valence-electron chi connectivity index (χ3n) is 9.00. The Morgan fingerprint density at radius 1 is 1.11 bits per heavy atom. The van der Waals surface area contributed by atoms with Crippen LogP contribution in [0.4, 0.5) is 0 Å². The molecule has 1 amide bonds. The van der Waals surface area contributed by atoms with E-state index in [9.17, 15) is 34.8 Å². The highest BCUT2D eigenvalue weighted by Gasteiger charge is 2.68. The Morgan fingerprint density at radius 3 is 2.53 bits per heavy atom. The van der Waals surface area contributed by atoms with E-state index in [0.717, 1.165) is 32.1 Å². The molecule has 4 aliphatic carbocycles. The summed E-state index contributed by atoms with van der Waals surface area (Å²) in [6.45, 7) is 0. The van der Waals surface area contributed by atoms with Crippen molar-refractivity contribution in [1.82, 2.24) is 0 Å². The zero-order valence-electron chi connectivity index (χ0n) is 19.6. The van der Waals surface area contributed by atoms with Crippen LogP contribution in [0.5, 0.6) is 5.75 Å². The third kappa shape index (κ3) is 2.93. The van der Waals surface area contributed by atoms with E-state index in [4.69, 9.17) is 10.5 Å². The minimum Gasteiger partial charge on any atom is -0.508 e. The largest absolute Gasteiger partial charge is 0.508 e. The van der Waals surface area contributed by atoms with E-state index in [0.29, 0.717) is 11.3 Å². The van der Waals surface area contributed by atoms with Gasteiger partial charge in [-0.2, -0.15) is 0 Å². The van der Waals surface area contributed by atoms with Crippen molar-refractivity contribution < 1.29 is 39.5 Å². The van der Waals surface area contributed by atoms with E-state index >= 15 is 0 Å². The molecule has 2 unspecified atom stereocenters. The third-order valence-corrected chi connectivity index (χ3v) is 9.00. The molecule has 5 aliphatic rings. The molecule has 2 saturated carbocycles. The number of benzene rings is 1. The number of aliphatic hydroxyl groups excluding tert-OH is 2. The molecule has 36 heavy (non-hydrogen) atoms. The molecule has 1 aliphatic heterocycles. The van der Waals surface area contributed by atoms with Crippen LogP contribution in [-0.2, 0) is 14.3 Å². The molecule has 6 rings (SSSR count). The summed E-state index contributed by atoms with van der Waals surface area (Å²) >= 11 is 0. The molecule has 1 heterocycles. The Morgan fingerprint density at radius 2 is 1.83 bits per heavy atom. The Labute approximate surface area is 207 Å². The quantitative estimate of drug-likeness (QED) is 0.387. The van der Waals surface area contributed by atoms with Crippen molar-refractivity contribution in [3.05, 3.63) is 52.5 Å². The van der Waals surface area contributed by atoms with Crippen molar-refractivity contribution in [2.75, 3.05) is 0 Å². The molecule has 2 fully saturated rings. The molecule has 1 aromatic carbocycles. The molecule has 7 atom stereocenters. The number of allylic oxidation sites excluding steroid dienone is 2. The fourth-order valence-corrected chi connectivity index (χ4v) is 7.32. The predicted octanol–water partition coefficient (Wildman–Crippen LogP) is 1.76. The average molecular weight is 496 g/mol. The SMILES string of the molecule is NC(=O)C1C(=O)[C@@]2(O)C(O)=C3C(=O)c4c(O)cccc4[C@@H]4C=C(C5CCCCC5)O[C@@H]([C@@H]34)[C@H]2CC1O. The standard InChI is InChI=1S/C27H29NO8/c28-26(34)20-16(30)10-14-23-19-13(9-17(36-23)11-5-2-1-3-6-11)12-7-4-8-15(29)18(12)22(31)21(19)25(33)27(14,35)24(20)32/h4,7-9,11,13-14,16,19-20,23,29-30,33,35H,1-3,5-6,10H2,(H2,28,34)/t13-,14+,16?,19+,20?,23+,27+/m0/s1. The van der Waals surface area contributed by atoms with Gasteiger partial charge in [0, 0.05) is 29.2 Å².